The fraction of sp³-hybridized carbons (Fsp3) is 0.636. The second kappa shape index (κ2) is 5.44. The number of amides is 1. The first-order chi connectivity index (χ1) is 7.81. The van der Waals surface area contributed by atoms with E-state index >= 15 is 0 Å². The summed E-state index contributed by atoms with van der Waals surface area (Å²) in [6.45, 7) is 5.98. The molecule has 1 unspecified atom stereocenters. The number of hydrogen-bond donors (Lipinski definition) is 2. The lowest BCUT2D eigenvalue weighted by molar-refractivity contribution is 0.0312. The summed E-state index contributed by atoms with van der Waals surface area (Å²) < 4.78 is 5.24. The van der Waals surface area contributed by atoms with Crippen molar-refractivity contribution in [1.29, 1.82) is 5.41 Å². The van der Waals surface area contributed by atoms with E-state index in [1.54, 1.807) is 7.05 Å². The molecular weight excluding hydrogens is 238 g/mol. The van der Waals surface area contributed by atoms with Crippen LogP contribution in [0.5, 0.6) is 0 Å². The highest BCUT2D eigenvalue weighted by atomic mass is 32.2. The van der Waals surface area contributed by atoms with Gasteiger partial charge >= 0.3 is 6.09 Å². The normalized spacial score (nSPS) is 19.3. The van der Waals surface area contributed by atoms with E-state index in [1.165, 1.54) is 22.9 Å². The van der Waals surface area contributed by atoms with Gasteiger partial charge in [0.15, 0.2) is 0 Å². The third-order valence-electron chi connectivity index (χ3n) is 1.95. The van der Waals surface area contributed by atoms with E-state index in [4.69, 9.17) is 10.1 Å². The van der Waals surface area contributed by atoms with Crippen LogP contribution >= 0.6 is 11.8 Å². The minimum Gasteiger partial charge on any atom is -0.444 e. The Morgan fingerprint density at radius 1 is 1.71 bits per heavy atom. The van der Waals surface area contributed by atoms with E-state index in [2.05, 4.69) is 5.32 Å². The summed E-state index contributed by atoms with van der Waals surface area (Å²) in [6, 6.07) is 0. The van der Waals surface area contributed by atoms with Gasteiger partial charge in [-0.25, -0.2) is 4.79 Å². The highest BCUT2D eigenvalue weighted by Gasteiger charge is 2.22. The van der Waals surface area contributed by atoms with Crippen LogP contribution in [0.15, 0.2) is 11.1 Å². The molecule has 96 valence electrons. The molecule has 2 N–H and O–H groups in total. The van der Waals surface area contributed by atoms with Crippen LogP contribution in [0.1, 0.15) is 20.8 Å². The quantitative estimate of drug-likeness (QED) is 0.759. The lowest BCUT2D eigenvalue weighted by Crippen LogP contribution is -2.37. The predicted octanol–water partition coefficient (Wildman–Crippen LogP) is 2.01. The Bertz CT molecular complexity index is 336. The molecule has 1 atom stereocenters. The molecule has 0 spiro atoms. The number of carbonyl (C=O) groups is 1. The standard InChI is InChI=1S/C11H19N3O2S/c1-11(2,3)16-10(15)14(4)6-8-7-17-9(5-12)13-8/h5,7,9,12-13H,6H2,1-4H3. The molecule has 0 saturated heterocycles. The average molecular weight is 257 g/mol. The monoisotopic (exact) mass is 257 g/mol. The molecular formula is C11H19N3O2S. The van der Waals surface area contributed by atoms with Gasteiger partial charge in [0.25, 0.3) is 0 Å². The topological polar surface area (TPSA) is 65.4 Å². The third-order valence-corrected chi connectivity index (χ3v) is 2.92. The Labute approximate surface area is 106 Å². The molecule has 5 nitrogen and oxygen atoms in total. The molecule has 1 aliphatic rings. The van der Waals surface area contributed by atoms with Gasteiger partial charge in [-0.15, -0.1) is 11.8 Å². The number of hydrogen-bond acceptors (Lipinski definition) is 5. The fourth-order valence-corrected chi connectivity index (χ4v) is 1.98. The van der Waals surface area contributed by atoms with Crippen LogP contribution in [0.2, 0.25) is 0 Å². The van der Waals surface area contributed by atoms with E-state index in [0.717, 1.165) is 5.70 Å². The lowest BCUT2D eigenvalue weighted by Gasteiger charge is -2.25. The number of likely N-dealkylation sites (N-methyl/N-ethyl adjacent to an activating group) is 1. The molecule has 0 aromatic heterocycles. The Hall–Kier alpha value is -1.17. The molecule has 0 bridgehead atoms. The van der Waals surface area contributed by atoms with Gasteiger partial charge < -0.3 is 20.4 Å². The van der Waals surface area contributed by atoms with Crippen LogP contribution in [0.4, 0.5) is 4.79 Å². The molecule has 0 saturated carbocycles. The second-order valence-electron chi connectivity index (χ2n) is 4.85. The van der Waals surface area contributed by atoms with Crippen LogP contribution in [-0.4, -0.2) is 41.8 Å². The van der Waals surface area contributed by atoms with Crippen molar-refractivity contribution in [2.24, 2.45) is 0 Å². The van der Waals surface area contributed by atoms with Gasteiger partial charge in [0, 0.05) is 19.0 Å². The zero-order chi connectivity index (χ0) is 13.1. The zero-order valence-corrected chi connectivity index (χ0v) is 11.4. The molecule has 1 aliphatic heterocycles. The van der Waals surface area contributed by atoms with E-state index in [9.17, 15) is 4.79 Å². The zero-order valence-electron chi connectivity index (χ0n) is 10.6. The molecule has 1 amide bonds. The first kappa shape index (κ1) is 13.9. The van der Waals surface area contributed by atoms with Gasteiger partial charge in [-0.1, -0.05) is 0 Å². The van der Waals surface area contributed by atoms with E-state index in [0.29, 0.717) is 6.54 Å². The van der Waals surface area contributed by atoms with Crippen molar-refractivity contribution >= 4 is 24.1 Å². The number of rotatable bonds is 3. The Morgan fingerprint density at radius 3 is 2.82 bits per heavy atom. The van der Waals surface area contributed by atoms with Gasteiger partial charge in [0.2, 0.25) is 0 Å². The van der Waals surface area contributed by atoms with Gasteiger partial charge in [-0.05, 0) is 26.2 Å². The maximum atomic E-state index is 11.7. The molecule has 0 aromatic rings. The summed E-state index contributed by atoms with van der Waals surface area (Å²) in [7, 11) is 1.69. The van der Waals surface area contributed by atoms with E-state index < -0.39 is 5.60 Å². The average Bonchev–Trinajstić information content (AvgIpc) is 2.62. The third kappa shape index (κ3) is 4.68. The highest BCUT2D eigenvalue weighted by molar-refractivity contribution is 8.03. The highest BCUT2D eigenvalue weighted by Crippen LogP contribution is 2.20. The molecule has 6 heteroatoms. The smallest absolute Gasteiger partial charge is 0.410 e. The minimum absolute atomic E-state index is 0.0166. The summed E-state index contributed by atoms with van der Waals surface area (Å²) in [5.41, 5.74) is 0.451. The molecule has 0 aromatic carbocycles. The predicted molar refractivity (Wildman–Crippen MR) is 70.2 cm³/mol. The van der Waals surface area contributed by atoms with Crippen molar-refractivity contribution in [1.82, 2.24) is 10.2 Å². The Morgan fingerprint density at radius 2 is 2.35 bits per heavy atom. The van der Waals surface area contributed by atoms with E-state index in [1.807, 2.05) is 26.2 Å². The summed E-state index contributed by atoms with van der Waals surface area (Å²) in [4.78, 5) is 13.2. The summed E-state index contributed by atoms with van der Waals surface area (Å²) in [5.74, 6) is 0. The fourth-order valence-electron chi connectivity index (χ4n) is 1.23. The first-order valence-electron chi connectivity index (χ1n) is 5.37. The van der Waals surface area contributed by atoms with Gasteiger partial charge in [0.1, 0.15) is 11.0 Å². The second-order valence-corrected chi connectivity index (χ2v) is 5.86. The molecule has 17 heavy (non-hydrogen) atoms. The van der Waals surface area contributed by atoms with Gasteiger partial charge in [0.05, 0.1) is 6.54 Å². The largest absolute Gasteiger partial charge is 0.444 e. The lowest BCUT2D eigenvalue weighted by atomic mass is 10.2. The van der Waals surface area contributed by atoms with Crippen molar-refractivity contribution in [2.45, 2.75) is 31.7 Å². The molecule has 1 heterocycles. The van der Waals surface area contributed by atoms with E-state index in [-0.39, 0.29) is 11.5 Å². The van der Waals surface area contributed by atoms with Crippen LogP contribution in [0, 0.1) is 5.41 Å². The van der Waals surface area contributed by atoms with Crippen LogP contribution in [0.25, 0.3) is 0 Å². The number of nitrogens with zero attached hydrogens (tertiary/aromatic N) is 1. The van der Waals surface area contributed by atoms with Crippen molar-refractivity contribution in [3.05, 3.63) is 11.1 Å². The number of nitrogens with one attached hydrogen (secondary N) is 2. The first-order valence-corrected chi connectivity index (χ1v) is 6.32. The van der Waals surface area contributed by atoms with Crippen LogP contribution in [-0.2, 0) is 4.74 Å². The summed E-state index contributed by atoms with van der Waals surface area (Å²) in [5, 5.41) is 12.2. The summed E-state index contributed by atoms with van der Waals surface area (Å²) in [6.07, 6.45) is 0.991. The maximum absolute atomic E-state index is 11.7. The Balaban J connectivity index is 2.42. The molecule has 0 aliphatic carbocycles. The number of thioether (sulfide) groups is 1. The molecule has 0 radical (unpaired) electrons. The van der Waals surface area contributed by atoms with Crippen molar-refractivity contribution in [3.63, 3.8) is 0 Å². The van der Waals surface area contributed by atoms with Crippen molar-refractivity contribution < 1.29 is 9.53 Å². The molecule has 0 fully saturated rings. The van der Waals surface area contributed by atoms with Crippen LogP contribution < -0.4 is 5.32 Å². The van der Waals surface area contributed by atoms with Crippen molar-refractivity contribution in [3.8, 4) is 0 Å². The maximum Gasteiger partial charge on any atom is 0.410 e. The summed E-state index contributed by atoms with van der Waals surface area (Å²) >= 11 is 1.52. The number of ether oxygens (including phenoxy) is 1. The SMILES string of the molecule is CN(CC1=CSC(C=N)N1)C(=O)OC(C)(C)C. The minimum atomic E-state index is -0.477. The van der Waals surface area contributed by atoms with Crippen LogP contribution in [0.3, 0.4) is 0 Å². The Kier molecular flexibility index (Phi) is 4.45. The number of carbonyl (C=O) groups excluding carboxylic acids is 1. The van der Waals surface area contributed by atoms with Gasteiger partial charge in [-0.3, -0.25) is 0 Å². The van der Waals surface area contributed by atoms with Crippen molar-refractivity contribution in [2.75, 3.05) is 13.6 Å². The van der Waals surface area contributed by atoms with Gasteiger partial charge in [-0.2, -0.15) is 0 Å². The molecule has 1 rings (SSSR count).